The largest absolute Gasteiger partial charge is 0.496 e. The normalized spacial score (nSPS) is 9.95. The number of ether oxygens (including phenoxy) is 1. The number of anilines is 2. The lowest BCUT2D eigenvalue weighted by Gasteiger charge is -2.10. The number of nitrogens with two attached hydrogens (primary N) is 1. The van der Waals surface area contributed by atoms with Gasteiger partial charge in [0.05, 0.1) is 12.9 Å². The van der Waals surface area contributed by atoms with Crippen LogP contribution in [0.3, 0.4) is 0 Å². The summed E-state index contributed by atoms with van der Waals surface area (Å²) in [5.74, 6) is 1.33. The van der Waals surface area contributed by atoms with Crippen LogP contribution in [0.15, 0.2) is 47.5 Å². The Kier molecular flexibility index (Phi) is 5.28. The van der Waals surface area contributed by atoms with Crippen molar-refractivity contribution >= 4 is 29.2 Å². The number of benzene rings is 1. The molecule has 0 aliphatic heterocycles. The Morgan fingerprint density at radius 2 is 2.24 bits per heavy atom. The molecule has 6 nitrogen and oxygen atoms in total. The molecule has 2 rings (SSSR count). The predicted octanol–water partition coefficient (Wildman–Crippen LogP) is 1.91. The molecule has 1 amide bonds. The van der Waals surface area contributed by atoms with Crippen LogP contribution in [-0.4, -0.2) is 23.8 Å². The molecule has 0 atom stereocenters. The van der Waals surface area contributed by atoms with Gasteiger partial charge in [-0.25, -0.2) is 4.98 Å². The summed E-state index contributed by atoms with van der Waals surface area (Å²) in [5.41, 5.74) is 11.6. The van der Waals surface area contributed by atoms with Crippen LogP contribution in [0.4, 0.5) is 11.5 Å². The lowest BCUT2D eigenvalue weighted by Crippen LogP contribution is -2.31. The smallest absolute Gasteiger partial charge is 0.248 e. The van der Waals surface area contributed by atoms with Gasteiger partial charge in [-0.3, -0.25) is 15.6 Å². The Morgan fingerprint density at radius 3 is 2.95 bits per heavy atom. The number of methoxy groups -OCH3 is 1. The highest BCUT2D eigenvalue weighted by Crippen LogP contribution is 2.30. The molecule has 1 heterocycles. The molecule has 0 spiro atoms. The summed E-state index contributed by atoms with van der Waals surface area (Å²) in [6, 6.07) is 10.7. The zero-order valence-corrected chi connectivity index (χ0v) is 12.3. The van der Waals surface area contributed by atoms with Gasteiger partial charge in [0.15, 0.2) is 0 Å². The fourth-order valence-electron chi connectivity index (χ4n) is 1.55. The van der Waals surface area contributed by atoms with Crippen molar-refractivity contribution in [1.29, 1.82) is 0 Å². The quantitative estimate of drug-likeness (QED) is 0.429. The number of rotatable bonds is 6. The molecule has 7 heteroatoms. The lowest BCUT2D eigenvalue weighted by atomic mass is 10.3. The van der Waals surface area contributed by atoms with Crippen molar-refractivity contribution in [2.45, 2.75) is 4.90 Å². The number of carbonyl (C=O) groups is 1. The number of nitrogens with one attached hydrogen (secondary N) is 2. The van der Waals surface area contributed by atoms with E-state index < -0.39 is 0 Å². The zero-order chi connectivity index (χ0) is 15.1. The number of thioether (sulfide) groups is 1. The minimum atomic E-state index is -0.162. The van der Waals surface area contributed by atoms with Gasteiger partial charge >= 0.3 is 0 Å². The minimum Gasteiger partial charge on any atom is -0.496 e. The summed E-state index contributed by atoms with van der Waals surface area (Å²) >= 11 is 1.37. The average Bonchev–Trinajstić information content (AvgIpc) is 2.52. The van der Waals surface area contributed by atoms with E-state index in [1.807, 2.05) is 12.1 Å². The van der Waals surface area contributed by atoms with E-state index in [0.717, 1.165) is 4.90 Å². The fourth-order valence-corrected chi connectivity index (χ4v) is 2.36. The number of hydrazine groups is 1. The van der Waals surface area contributed by atoms with E-state index >= 15 is 0 Å². The summed E-state index contributed by atoms with van der Waals surface area (Å²) < 4.78 is 5.23. The molecule has 1 aromatic carbocycles. The van der Waals surface area contributed by atoms with Crippen molar-refractivity contribution in [2.24, 2.45) is 0 Å². The number of amides is 1. The maximum absolute atomic E-state index is 11.8. The predicted molar refractivity (Wildman–Crippen MR) is 84.1 cm³/mol. The summed E-state index contributed by atoms with van der Waals surface area (Å²) in [4.78, 5) is 16.7. The van der Waals surface area contributed by atoms with Crippen LogP contribution in [0.1, 0.15) is 0 Å². The van der Waals surface area contributed by atoms with E-state index in [1.54, 1.807) is 37.6 Å². The van der Waals surface area contributed by atoms with Crippen molar-refractivity contribution in [3.8, 4) is 5.75 Å². The second kappa shape index (κ2) is 7.39. The van der Waals surface area contributed by atoms with E-state index in [2.05, 4.69) is 15.8 Å². The minimum absolute atomic E-state index is 0.162. The van der Waals surface area contributed by atoms with Gasteiger partial charge in [-0.05, 0) is 24.3 Å². The molecule has 4 N–H and O–H groups in total. The van der Waals surface area contributed by atoms with Gasteiger partial charge in [-0.15, -0.1) is 11.8 Å². The van der Waals surface area contributed by atoms with Crippen LogP contribution in [0.5, 0.6) is 5.75 Å². The first-order chi connectivity index (χ1) is 10.2. The van der Waals surface area contributed by atoms with Crippen LogP contribution in [0, 0.1) is 0 Å². The van der Waals surface area contributed by atoms with Crippen LogP contribution >= 0.6 is 11.8 Å². The van der Waals surface area contributed by atoms with Gasteiger partial charge in [0, 0.05) is 22.8 Å². The van der Waals surface area contributed by atoms with Crippen LogP contribution in [0.25, 0.3) is 0 Å². The Hall–Kier alpha value is -2.41. The molecule has 0 saturated heterocycles. The van der Waals surface area contributed by atoms with E-state index in [1.165, 1.54) is 11.8 Å². The first-order valence-electron chi connectivity index (χ1n) is 6.21. The molecule has 0 radical (unpaired) electrons. The SMILES string of the molecule is COc1cc(N)ccc1SCC(=O)NNc1ccccn1. The molecule has 0 aliphatic rings. The van der Waals surface area contributed by atoms with Gasteiger partial charge in [-0.1, -0.05) is 6.07 Å². The van der Waals surface area contributed by atoms with Crippen LogP contribution in [-0.2, 0) is 4.79 Å². The molecular formula is C14H16N4O2S. The summed E-state index contributed by atoms with van der Waals surface area (Å²) in [7, 11) is 1.57. The summed E-state index contributed by atoms with van der Waals surface area (Å²) in [5, 5.41) is 0. The van der Waals surface area contributed by atoms with Gasteiger partial charge < -0.3 is 10.5 Å². The van der Waals surface area contributed by atoms with Crippen molar-refractivity contribution < 1.29 is 9.53 Å². The van der Waals surface area contributed by atoms with Crippen molar-refractivity contribution in [2.75, 3.05) is 24.0 Å². The van der Waals surface area contributed by atoms with E-state index in [4.69, 9.17) is 10.5 Å². The molecule has 0 unspecified atom stereocenters. The average molecular weight is 304 g/mol. The summed E-state index contributed by atoms with van der Waals surface area (Å²) in [6.07, 6.45) is 1.64. The van der Waals surface area contributed by atoms with Gasteiger partial charge in [0.25, 0.3) is 0 Å². The molecule has 2 aromatic rings. The molecule has 0 aliphatic carbocycles. The number of pyridine rings is 1. The van der Waals surface area contributed by atoms with E-state index in [0.29, 0.717) is 17.3 Å². The molecule has 0 saturated carbocycles. The fraction of sp³-hybridized carbons (Fsp3) is 0.143. The topological polar surface area (TPSA) is 89.3 Å². The highest BCUT2D eigenvalue weighted by Gasteiger charge is 2.07. The third-order valence-electron chi connectivity index (χ3n) is 2.54. The highest BCUT2D eigenvalue weighted by molar-refractivity contribution is 8.00. The van der Waals surface area contributed by atoms with E-state index in [-0.39, 0.29) is 11.7 Å². The number of nitrogen functional groups attached to an aromatic ring is 1. The van der Waals surface area contributed by atoms with Crippen LogP contribution in [0.2, 0.25) is 0 Å². The third-order valence-corrected chi connectivity index (χ3v) is 3.60. The standard InChI is InChI=1S/C14H16N4O2S/c1-20-11-8-10(15)5-6-12(11)21-9-14(19)18-17-13-4-2-3-7-16-13/h2-8H,9,15H2,1H3,(H,16,17)(H,18,19). The van der Waals surface area contributed by atoms with Crippen LogP contribution < -0.4 is 21.3 Å². The summed E-state index contributed by atoms with van der Waals surface area (Å²) in [6.45, 7) is 0. The Balaban J connectivity index is 1.84. The van der Waals surface area contributed by atoms with E-state index in [9.17, 15) is 4.79 Å². The Labute approximate surface area is 127 Å². The lowest BCUT2D eigenvalue weighted by molar-refractivity contribution is -0.118. The Bertz CT molecular complexity index is 607. The Morgan fingerprint density at radius 1 is 1.38 bits per heavy atom. The van der Waals surface area contributed by atoms with Gasteiger partial charge in [-0.2, -0.15) is 0 Å². The van der Waals surface area contributed by atoms with Gasteiger partial charge in [0.2, 0.25) is 5.91 Å². The van der Waals surface area contributed by atoms with Crippen molar-refractivity contribution in [3.63, 3.8) is 0 Å². The molecule has 21 heavy (non-hydrogen) atoms. The second-order valence-electron chi connectivity index (χ2n) is 4.09. The maximum Gasteiger partial charge on any atom is 0.248 e. The number of carbonyl (C=O) groups excluding carboxylic acids is 1. The first kappa shape index (κ1) is 15.0. The maximum atomic E-state index is 11.8. The molecule has 0 bridgehead atoms. The number of aromatic nitrogens is 1. The number of nitrogens with zero attached hydrogens (tertiary/aromatic N) is 1. The first-order valence-corrected chi connectivity index (χ1v) is 7.20. The third kappa shape index (κ3) is 4.57. The number of hydrogen-bond acceptors (Lipinski definition) is 6. The van der Waals surface area contributed by atoms with Crippen molar-refractivity contribution in [1.82, 2.24) is 10.4 Å². The molecular weight excluding hydrogens is 288 g/mol. The molecule has 1 aromatic heterocycles. The van der Waals surface area contributed by atoms with Crippen molar-refractivity contribution in [3.05, 3.63) is 42.6 Å². The highest BCUT2D eigenvalue weighted by atomic mass is 32.2. The monoisotopic (exact) mass is 304 g/mol. The number of hydrogen-bond donors (Lipinski definition) is 3. The van der Waals surface area contributed by atoms with Gasteiger partial charge in [0.1, 0.15) is 11.6 Å². The zero-order valence-electron chi connectivity index (χ0n) is 11.5. The molecule has 0 fully saturated rings. The second-order valence-corrected chi connectivity index (χ2v) is 5.10. The molecule has 110 valence electrons.